The molecule has 0 bridgehead atoms. The standard InChI is InChI=1S/C27H23F3N2O2/c28-27(29,30)24-15-21(11-12-22(24)16-31)23-13-14-25(33-17-19-7-3-1-4-8-19)32-26(23)34-18-20-9-5-2-6-10-20/h1-15H,16-18,31H2. The fourth-order valence-electron chi connectivity index (χ4n) is 3.48. The van der Waals surface area contributed by atoms with Crippen LogP contribution in [0.15, 0.2) is 91.0 Å². The van der Waals surface area contributed by atoms with Crippen molar-refractivity contribution in [1.82, 2.24) is 4.98 Å². The zero-order valence-electron chi connectivity index (χ0n) is 18.3. The van der Waals surface area contributed by atoms with Crippen LogP contribution in [0.25, 0.3) is 11.1 Å². The van der Waals surface area contributed by atoms with E-state index >= 15 is 0 Å². The van der Waals surface area contributed by atoms with Crippen LogP contribution in [0.1, 0.15) is 22.3 Å². The van der Waals surface area contributed by atoms with E-state index in [0.717, 1.165) is 17.2 Å². The molecule has 7 heteroatoms. The molecule has 0 saturated heterocycles. The van der Waals surface area contributed by atoms with Gasteiger partial charge in [-0.2, -0.15) is 18.2 Å². The molecule has 1 heterocycles. The van der Waals surface area contributed by atoms with Gasteiger partial charge in [-0.1, -0.05) is 72.8 Å². The number of nitrogens with zero attached hydrogens (tertiary/aromatic N) is 1. The third-order valence-electron chi connectivity index (χ3n) is 5.23. The summed E-state index contributed by atoms with van der Waals surface area (Å²) in [6.07, 6.45) is -4.53. The lowest BCUT2D eigenvalue weighted by atomic mass is 9.99. The molecule has 2 N–H and O–H groups in total. The molecule has 4 rings (SSSR count). The lowest BCUT2D eigenvalue weighted by Gasteiger charge is -2.16. The topological polar surface area (TPSA) is 57.4 Å². The van der Waals surface area contributed by atoms with Gasteiger partial charge in [0.15, 0.2) is 0 Å². The Kier molecular flexibility index (Phi) is 7.13. The second-order valence-corrected chi connectivity index (χ2v) is 7.62. The average Bonchev–Trinajstić information content (AvgIpc) is 2.86. The van der Waals surface area contributed by atoms with Gasteiger partial charge in [0.25, 0.3) is 0 Å². The SMILES string of the molecule is NCc1ccc(-c2ccc(OCc3ccccc3)nc2OCc2ccccc2)cc1C(F)(F)F. The van der Waals surface area contributed by atoms with Crippen LogP contribution in [-0.4, -0.2) is 4.98 Å². The Morgan fingerprint density at radius 2 is 1.35 bits per heavy atom. The predicted molar refractivity (Wildman–Crippen MR) is 124 cm³/mol. The zero-order valence-corrected chi connectivity index (χ0v) is 18.3. The zero-order chi connectivity index (χ0) is 24.0. The molecule has 3 aromatic carbocycles. The highest BCUT2D eigenvalue weighted by molar-refractivity contribution is 5.70. The molecule has 0 spiro atoms. The highest BCUT2D eigenvalue weighted by atomic mass is 19.4. The highest BCUT2D eigenvalue weighted by Crippen LogP contribution is 2.37. The van der Waals surface area contributed by atoms with Crippen molar-refractivity contribution in [1.29, 1.82) is 0 Å². The van der Waals surface area contributed by atoms with Gasteiger partial charge in [-0.05, 0) is 34.4 Å². The Bertz CT molecular complexity index is 1230. The van der Waals surface area contributed by atoms with Gasteiger partial charge in [0, 0.05) is 18.2 Å². The fraction of sp³-hybridized carbons (Fsp3) is 0.148. The second kappa shape index (κ2) is 10.4. The molecule has 174 valence electrons. The number of hydrogen-bond donors (Lipinski definition) is 1. The molecule has 0 aliphatic rings. The summed E-state index contributed by atoms with van der Waals surface area (Å²) >= 11 is 0. The van der Waals surface area contributed by atoms with Gasteiger partial charge in [0.2, 0.25) is 11.8 Å². The van der Waals surface area contributed by atoms with Crippen LogP contribution in [0.5, 0.6) is 11.8 Å². The van der Waals surface area contributed by atoms with Crippen LogP contribution in [-0.2, 0) is 25.9 Å². The first-order valence-electron chi connectivity index (χ1n) is 10.7. The molecule has 0 atom stereocenters. The lowest BCUT2D eigenvalue weighted by molar-refractivity contribution is -0.138. The normalized spacial score (nSPS) is 11.3. The summed E-state index contributed by atoms with van der Waals surface area (Å²) in [5.41, 5.74) is 7.40. The summed E-state index contributed by atoms with van der Waals surface area (Å²) in [4.78, 5) is 4.46. The molecule has 0 radical (unpaired) electrons. The van der Waals surface area contributed by atoms with E-state index in [1.165, 1.54) is 6.07 Å². The van der Waals surface area contributed by atoms with Gasteiger partial charge >= 0.3 is 6.18 Å². The summed E-state index contributed by atoms with van der Waals surface area (Å²) in [5.74, 6) is 0.494. The van der Waals surface area contributed by atoms with Crippen LogP contribution in [0.4, 0.5) is 13.2 Å². The quantitative estimate of drug-likeness (QED) is 0.329. The molecule has 0 unspecified atom stereocenters. The number of nitrogens with two attached hydrogens (primary N) is 1. The van der Waals surface area contributed by atoms with E-state index in [4.69, 9.17) is 15.2 Å². The second-order valence-electron chi connectivity index (χ2n) is 7.62. The van der Waals surface area contributed by atoms with Crippen LogP contribution in [0.2, 0.25) is 0 Å². The molecule has 0 aliphatic carbocycles. The lowest BCUT2D eigenvalue weighted by Crippen LogP contribution is -2.12. The van der Waals surface area contributed by atoms with E-state index in [1.807, 2.05) is 60.7 Å². The molecule has 4 nitrogen and oxygen atoms in total. The maximum atomic E-state index is 13.6. The van der Waals surface area contributed by atoms with Crippen LogP contribution >= 0.6 is 0 Å². The predicted octanol–water partition coefficient (Wildman–Crippen LogP) is 6.38. The first kappa shape index (κ1) is 23.3. The van der Waals surface area contributed by atoms with E-state index in [1.54, 1.807) is 18.2 Å². The van der Waals surface area contributed by atoms with Crippen molar-refractivity contribution in [3.05, 3.63) is 113 Å². The molecule has 0 fully saturated rings. The minimum atomic E-state index is -4.53. The first-order chi connectivity index (χ1) is 16.4. The number of ether oxygens (including phenoxy) is 2. The fourth-order valence-corrected chi connectivity index (χ4v) is 3.48. The number of hydrogen-bond acceptors (Lipinski definition) is 4. The van der Waals surface area contributed by atoms with Crippen LogP contribution < -0.4 is 15.2 Å². The molecule has 34 heavy (non-hydrogen) atoms. The average molecular weight is 464 g/mol. The number of aromatic nitrogens is 1. The van der Waals surface area contributed by atoms with Crippen LogP contribution in [0.3, 0.4) is 0 Å². The van der Waals surface area contributed by atoms with Gasteiger partial charge in [0.1, 0.15) is 13.2 Å². The number of alkyl halides is 3. The number of pyridine rings is 1. The molecule has 1 aromatic heterocycles. The molecule has 4 aromatic rings. The summed E-state index contributed by atoms with van der Waals surface area (Å²) in [6.45, 7) is 0.293. The minimum Gasteiger partial charge on any atom is -0.473 e. The summed E-state index contributed by atoms with van der Waals surface area (Å²) in [7, 11) is 0. The molecular weight excluding hydrogens is 441 g/mol. The molecular formula is C27H23F3N2O2. The van der Waals surface area contributed by atoms with Crippen molar-refractivity contribution >= 4 is 0 Å². The molecule has 0 aliphatic heterocycles. The highest BCUT2D eigenvalue weighted by Gasteiger charge is 2.33. The van der Waals surface area contributed by atoms with E-state index in [-0.39, 0.29) is 24.6 Å². The largest absolute Gasteiger partial charge is 0.473 e. The van der Waals surface area contributed by atoms with Crippen molar-refractivity contribution in [2.75, 3.05) is 0 Å². The van der Waals surface area contributed by atoms with E-state index in [9.17, 15) is 13.2 Å². The van der Waals surface area contributed by atoms with Crippen molar-refractivity contribution in [2.24, 2.45) is 5.73 Å². The molecule has 0 saturated carbocycles. The third-order valence-corrected chi connectivity index (χ3v) is 5.23. The summed E-state index contributed by atoms with van der Waals surface area (Å²) in [6, 6.07) is 26.4. The Morgan fingerprint density at radius 1 is 0.735 bits per heavy atom. The van der Waals surface area contributed by atoms with E-state index in [2.05, 4.69) is 4.98 Å². The van der Waals surface area contributed by atoms with Crippen molar-refractivity contribution in [3.63, 3.8) is 0 Å². The van der Waals surface area contributed by atoms with Gasteiger partial charge in [-0.15, -0.1) is 0 Å². The Morgan fingerprint density at radius 3 is 1.94 bits per heavy atom. The van der Waals surface area contributed by atoms with Crippen molar-refractivity contribution in [2.45, 2.75) is 25.9 Å². The number of rotatable bonds is 8. The third kappa shape index (κ3) is 5.74. The van der Waals surface area contributed by atoms with E-state index in [0.29, 0.717) is 23.6 Å². The first-order valence-corrected chi connectivity index (χ1v) is 10.7. The van der Waals surface area contributed by atoms with Gasteiger partial charge in [-0.3, -0.25) is 0 Å². The number of benzene rings is 3. The summed E-state index contributed by atoms with van der Waals surface area (Å²) < 4.78 is 52.6. The van der Waals surface area contributed by atoms with Crippen molar-refractivity contribution in [3.8, 4) is 22.9 Å². The van der Waals surface area contributed by atoms with E-state index < -0.39 is 11.7 Å². The van der Waals surface area contributed by atoms with Gasteiger partial charge < -0.3 is 15.2 Å². The Balaban J connectivity index is 1.67. The van der Waals surface area contributed by atoms with Gasteiger partial charge in [-0.25, -0.2) is 0 Å². The number of halogens is 3. The maximum absolute atomic E-state index is 13.6. The molecule has 0 amide bonds. The van der Waals surface area contributed by atoms with Crippen LogP contribution in [0, 0.1) is 0 Å². The van der Waals surface area contributed by atoms with Gasteiger partial charge in [0.05, 0.1) is 5.56 Å². The Labute approximate surface area is 195 Å². The Hall–Kier alpha value is -3.84. The maximum Gasteiger partial charge on any atom is 0.416 e. The monoisotopic (exact) mass is 464 g/mol. The summed E-state index contributed by atoms with van der Waals surface area (Å²) in [5, 5.41) is 0. The smallest absolute Gasteiger partial charge is 0.416 e. The van der Waals surface area contributed by atoms with Crippen molar-refractivity contribution < 1.29 is 22.6 Å². The minimum absolute atomic E-state index is 0.0266.